The summed E-state index contributed by atoms with van der Waals surface area (Å²) in [4.78, 5) is 23.9. The van der Waals surface area contributed by atoms with Crippen molar-refractivity contribution in [2.45, 2.75) is 46.5 Å². The van der Waals surface area contributed by atoms with Crippen molar-refractivity contribution in [1.82, 2.24) is 14.9 Å². The molecule has 3 rings (SSSR count). The van der Waals surface area contributed by atoms with Crippen LogP contribution in [0.2, 0.25) is 0 Å². The van der Waals surface area contributed by atoms with Crippen molar-refractivity contribution in [3.05, 3.63) is 29.2 Å². The predicted octanol–water partition coefficient (Wildman–Crippen LogP) is 3.21. The first-order chi connectivity index (χ1) is 12.4. The van der Waals surface area contributed by atoms with Crippen molar-refractivity contribution in [3.8, 4) is 0 Å². The highest BCUT2D eigenvalue weighted by atomic mass is 16.4. The molecule has 2 heterocycles. The van der Waals surface area contributed by atoms with E-state index in [2.05, 4.69) is 40.5 Å². The molecule has 0 bridgehead atoms. The first kappa shape index (κ1) is 18.8. The van der Waals surface area contributed by atoms with Crippen LogP contribution in [0, 0.1) is 5.41 Å². The van der Waals surface area contributed by atoms with Gasteiger partial charge in [0.1, 0.15) is 5.82 Å². The molecule has 0 aromatic carbocycles. The number of hydrogen-bond acceptors (Lipinski definition) is 5. The first-order valence-corrected chi connectivity index (χ1v) is 9.58. The fourth-order valence-corrected chi connectivity index (χ4v) is 4.31. The molecule has 0 saturated carbocycles. The summed E-state index contributed by atoms with van der Waals surface area (Å²) in [6, 6.07) is 0. The van der Waals surface area contributed by atoms with E-state index < -0.39 is 5.97 Å². The Morgan fingerprint density at radius 1 is 1.23 bits per heavy atom. The summed E-state index contributed by atoms with van der Waals surface area (Å²) in [5.74, 6) is -0.367. The number of allylic oxidation sites excluding steroid dienone is 1. The van der Waals surface area contributed by atoms with Gasteiger partial charge in [-0.3, -0.25) is 9.88 Å². The number of carboxylic acid groups (broad SMARTS) is 1. The van der Waals surface area contributed by atoms with Crippen LogP contribution >= 0.6 is 0 Å². The number of aromatic carboxylic acids is 1. The molecule has 1 fully saturated rings. The highest BCUT2D eigenvalue weighted by Gasteiger charge is 2.28. The molecule has 0 spiro atoms. The average molecular weight is 358 g/mol. The lowest BCUT2D eigenvalue weighted by atomic mass is 9.71. The van der Waals surface area contributed by atoms with Gasteiger partial charge in [0.05, 0.1) is 12.4 Å². The summed E-state index contributed by atoms with van der Waals surface area (Å²) in [6.45, 7) is 11.9. The molecule has 1 aliphatic heterocycles. The van der Waals surface area contributed by atoms with Gasteiger partial charge in [-0.2, -0.15) is 0 Å². The molecule has 0 unspecified atom stereocenters. The predicted molar refractivity (Wildman–Crippen MR) is 103 cm³/mol. The standard InChI is InChI=1S/C20H30N4O2/c1-15-5-4-7-20(2,3)16(15)6-8-23-9-11-24(12-10-23)18-14-21-13-17(22-18)19(25)26/h13-14H,4-12H2,1-3H3,(H,25,26). The average Bonchev–Trinajstić information content (AvgIpc) is 2.61. The molecule has 6 heteroatoms. The van der Waals surface area contributed by atoms with Gasteiger partial charge in [0.15, 0.2) is 5.69 Å². The van der Waals surface area contributed by atoms with Crippen LogP contribution in [0.3, 0.4) is 0 Å². The van der Waals surface area contributed by atoms with Gasteiger partial charge in [-0.05, 0) is 38.0 Å². The maximum Gasteiger partial charge on any atom is 0.356 e. The fraction of sp³-hybridized carbons (Fsp3) is 0.650. The zero-order valence-corrected chi connectivity index (χ0v) is 16.2. The molecule has 1 aliphatic carbocycles. The highest BCUT2D eigenvalue weighted by Crippen LogP contribution is 2.41. The van der Waals surface area contributed by atoms with E-state index >= 15 is 0 Å². The van der Waals surface area contributed by atoms with Crippen molar-refractivity contribution in [3.63, 3.8) is 0 Å². The van der Waals surface area contributed by atoms with E-state index in [0.717, 1.165) is 39.1 Å². The van der Waals surface area contributed by atoms with Crippen LogP contribution in [0.4, 0.5) is 5.82 Å². The molecule has 0 radical (unpaired) electrons. The molecule has 2 aliphatic rings. The lowest BCUT2D eigenvalue weighted by Gasteiger charge is -2.38. The minimum Gasteiger partial charge on any atom is -0.476 e. The Hall–Kier alpha value is -1.95. The van der Waals surface area contributed by atoms with Crippen LogP contribution in [-0.4, -0.2) is 58.7 Å². The normalized spacial score (nSPS) is 21.1. The van der Waals surface area contributed by atoms with E-state index in [9.17, 15) is 4.79 Å². The quantitative estimate of drug-likeness (QED) is 0.815. The Bertz CT molecular complexity index is 691. The number of rotatable bonds is 5. The van der Waals surface area contributed by atoms with E-state index in [-0.39, 0.29) is 5.69 Å². The largest absolute Gasteiger partial charge is 0.476 e. The van der Waals surface area contributed by atoms with Gasteiger partial charge in [0.2, 0.25) is 0 Å². The first-order valence-electron chi connectivity index (χ1n) is 9.58. The molecule has 6 nitrogen and oxygen atoms in total. The Kier molecular flexibility index (Phi) is 5.61. The molecule has 26 heavy (non-hydrogen) atoms. The van der Waals surface area contributed by atoms with E-state index in [1.807, 2.05) is 0 Å². The lowest BCUT2D eigenvalue weighted by Crippen LogP contribution is -2.47. The summed E-state index contributed by atoms with van der Waals surface area (Å²) in [5.41, 5.74) is 3.61. The maximum absolute atomic E-state index is 11.1. The van der Waals surface area contributed by atoms with Crippen LogP contribution in [0.25, 0.3) is 0 Å². The number of piperazine rings is 1. The van der Waals surface area contributed by atoms with Crippen molar-refractivity contribution < 1.29 is 9.90 Å². The van der Waals surface area contributed by atoms with Crippen molar-refractivity contribution >= 4 is 11.8 Å². The van der Waals surface area contributed by atoms with E-state index in [4.69, 9.17) is 5.11 Å². The van der Waals surface area contributed by atoms with Crippen LogP contribution in [0.5, 0.6) is 0 Å². The topological polar surface area (TPSA) is 69.6 Å². The summed E-state index contributed by atoms with van der Waals surface area (Å²) < 4.78 is 0. The van der Waals surface area contributed by atoms with E-state index in [0.29, 0.717) is 11.2 Å². The molecular formula is C20H30N4O2. The second-order valence-corrected chi connectivity index (χ2v) is 8.14. The van der Waals surface area contributed by atoms with Gasteiger partial charge >= 0.3 is 5.97 Å². The number of carboxylic acids is 1. The third-order valence-electron chi connectivity index (χ3n) is 5.90. The van der Waals surface area contributed by atoms with Gasteiger partial charge in [0, 0.05) is 32.7 Å². The molecule has 142 valence electrons. The number of aromatic nitrogens is 2. The van der Waals surface area contributed by atoms with Crippen LogP contribution in [0.1, 0.15) is 56.9 Å². The monoisotopic (exact) mass is 358 g/mol. The molecular weight excluding hydrogens is 328 g/mol. The minimum atomic E-state index is -1.03. The van der Waals surface area contributed by atoms with E-state index in [1.165, 1.54) is 25.5 Å². The van der Waals surface area contributed by atoms with Crippen LogP contribution in [-0.2, 0) is 0 Å². The third-order valence-corrected chi connectivity index (χ3v) is 5.90. The maximum atomic E-state index is 11.1. The van der Waals surface area contributed by atoms with Gasteiger partial charge in [-0.1, -0.05) is 25.0 Å². The van der Waals surface area contributed by atoms with Crippen LogP contribution in [0.15, 0.2) is 23.5 Å². The summed E-state index contributed by atoms with van der Waals surface area (Å²) in [5, 5.41) is 9.07. The Balaban J connectivity index is 1.54. The summed E-state index contributed by atoms with van der Waals surface area (Å²) in [7, 11) is 0. The van der Waals surface area contributed by atoms with Gasteiger partial charge in [-0.25, -0.2) is 9.78 Å². The van der Waals surface area contributed by atoms with Crippen molar-refractivity contribution in [2.24, 2.45) is 5.41 Å². The van der Waals surface area contributed by atoms with E-state index in [1.54, 1.807) is 17.3 Å². The van der Waals surface area contributed by atoms with Gasteiger partial charge in [0.25, 0.3) is 0 Å². The van der Waals surface area contributed by atoms with Crippen molar-refractivity contribution in [1.29, 1.82) is 0 Å². The molecule has 1 aromatic heterocycles. The van der Waals surface area contributed by atoms with Crippen molar-refractivity contribution in [2.75, 3.05) is 37.6 Å². The Morgan fingerprint density at radius 3 is 2.62 bits per heavy atom. The SMILES string of the molecule is CC1=C(CCN2CCN(c3cncc(C(=O)O)n3)CC2)C(C)(C)CCC1. The fourth-order valence-electron chi connectivity index (χ4n) is 4.31. The number of hydrogen-bond donors (Lipinski definition) is 1. The second kappa shape index (κ2) is 7.74. The Morgan fingerprint density at radius 2 is 1.96 bits per heavy atom. The van der Waals surface area contributed by atoms with Gasteiger partial charge < -0.3 is 10.0 Å². The lowest BCUT2D eigenvalue weighted by molar-refractivity contribution is 0.0690. The molecule has 0 amide bonds. The molecule has 1 aromatic rings. The smallest absolute Gasteiger partial charge is 0.356 e. The minimum absolute atomic E-state index is 0.00636. The van der Waals surface area contributed by atoms with Gasteiger partial charge in [-0.15, -0.1) is 0 Å². The number of anilines is 1. The number of nitrogens with zero attached hydrogens (tertiary/aromatic N) is 4. The Labute approximate surface area is 155 Å². The molecule has 1 N–H and O–H groups in total. The zero-order chi connectivity index (χ0) is 18.7. The molecule has 1 saturated heterocycles. The summed E-state index contributed by atoms with van der Waals surface area (Å²) >= 11 is 0. The second-order valence-electron chi connectivity index (χ2n) is 8.14. The number of carbonyl (C=O) groups is 1. The highest BCUT2D eigenvalue weighted by molar-refractivity contribution is 5.85. The molecule has 0 atom stereocenters. The zero-order valence-electron chi connectivity index (χ0n) is 16.2. The van der Waals surface area contributed by atoms with Crippen LogP contribution < -0.4 is 4.90 Å². The summed E-state index contributed by atoms with van der Waals surface area (Å²) in [6.07, 6.45) is 7.98. The third kappa shape index (κ3) is 4.23.